The Morgan fingerprint density at radius 2 is 2.18 bits per heavy atom. The van der Waals surface area contributed by atoms with E-state index in [-0.39, 0.29) is 25.1 Å². The fourth-order valence-electron chi connectivity index (χ4n) is 1.59. The average Bonchev–Trinajstić information content (AvgIpc) is 2.27. The molecule has 1 heterocycles. The Balaban J connectivity index is 2.67. The quantitative estimate of drug-likeness (QED) is 0.707. The molecule has 7 heteroatoms. The number of morpholine rings is 1. The van der Waals surface area contributed by atoms with Crippen LogP contribution in [0.4, 0.5) is 0 Å². The molecule has 1 aliphatic rings. The number of rotatable bonds is 5. The van der Waals surface area contributed by atoms with Crippen LogP contribution in [-0.2, 0) is 14.9 Å². The first kappa shape index (κ1) is 14.8. The molecule has 0 saturated carbocycles. The van der Waals surface area contributed by atoms with Crippen molar-refractivity contribution in [3.8, 4) is 0 Å². The van der Waals surface area contributed by atoms with Crippen LogP contribution in [0.1, 0.15) is 20.8 Å². The maximum atomic E-state index is 12.0. The lowest BCUT2D eigenvalue weighted by atomic mass is 10.2. The summed E-state index contributed by atoms with van der Waals surface area (Å²) < 4.78 is 33.3. The number of hydrogen-bond donors (Lipinski definition) is 2. The van der Waals surface area contributed by atoms with E-state index in [4.69, 9.17) is 9.84 Å². The van der Waals surface area contributed by atoms with Gasteiger partial charge in [-0.2, -0.15) is 12.7 Å². The number of aliphatic hydroxyl groups excluding tert-OH is 1. The van der Waals surface area contributed by atoms with Gasteiger partial charge in [-0.15, -0.1) is 0 Å². The highest BCUT2D eigenvalue weighted by Gasteiger charge is 2.34. The summed E-state index contributed by atoms with van der Waals surface area (Å²) in [6, 6.07) is -0.206. The van der Waals surface area contributed by atoms with Gasteiger partial charge in [0.05, 0.1) is 19.3 Å². The highest BCUT2D eigenvalue weighted by atomic mass is 32.2. The second-order valence-electron chi connectivity index (χ2n) is 4.80. The Morgan fingerprint density at radius 1 is 1.53 bits per heavy atom. The van der Waals surface area contributed by atoms with Crippen molar-refractivity contribution >= 4 is 10.2 Å². The highest BCUT2D eigenvalue weighted by molar-refractivity contribution is 7.87. The van der Waals surface area contributed by atoms with Crippen LogP contribution in [0.25, 0.3) is 0 Å². The molecule has 0 amide bonds. The van der Waals surface area contributed by atoms with Crippen LogP contribution in [0.3, 0.4) is 0 Å². The summed E-state index contributed by atoms with van der Waals surface area (Å²) in [6.07, 6.45) is -0.429. The van der Waals surface area contributed by atoms with Crippen LogP contribution in [-0.4, -0.2) is 56.3 Å². The summed E-state index contributed by atoms with van der Waals surface area (Å²) in [7, 11) is -3.48. The number of nitrogens with zero attached hydrogens (tertiary/aromatic N) is 1. The van der Waals surface area contributed by atoms with Crippen molar-refractivity contribution in [1.29, 1.82) is 0 Å². The van der Waals surface area contributed by atoms with Crippen LogP contribution < -0.4 is 4.72 Å². The molecule has 0 aromatic heterocycles. The zero-order valence-electron chi connectivity index (χ0n) is 10.6. The molecule has 102 valence electrons. The predicted molar refractivity (Wildman–Crippen MR) is 64.8 cm³/mol. The number of aliphatic hydroxyl groups is 1. The molecule has 1 aliphatic heterocycles. The third-order valence-corrected chi connectivity index (χ3v) is 4.29. The molecule has 1 saturated heterocycles. The Labute approximate surface area is 103 Å². The minimum absolute atomic E-state index is 0.164. The van der Waals surface area contributed by atoms with Crippen molar-refractivity contribution in [3.63, 3.8) is 0 Å². The van der Waals surface area contributed by atoms with E-state index in [0.29, 0.717) is 13.2 Å². The van der Waals surface area contributed by atoms with Crippen LogP contribution in [0.15, 0.2) is 0 Å². The summed E-state index contributed by atoms with van der Waals surface area (Å²) in [6.45, 7) is 6.45. The molecule has 0 bridgehead atoms. The molecule has 1 fully saturated rings. The van der Waals surface area contributed by atoms with E-state index in [0.717, 1.165) is 0 Å². The second kappa shape index (κ2) is 6.10. The molecule has 0 aliphatic carbocycles. The van der Waals surface area contributed by atoms with Gasteiger partial charge in [-0.05, 0) is 12.8 Å². The topological polar surface area (TPSA) is 78.9 Å². The molecule has 0 spiro atoms. The van der Waals surface area contributed by atoms with Gasteiger partial charge in [-0.25, -0.2) is 4.72 Å². The molecular weight excluding hydrogens is 244 g/mol. The number of nitrogens with one attached hydrogen (secondary N) is 1. The maximum Gasteiger partial charge on any atom is 0.279 e. The van der Waals surface area contributed by atoms with E-state index < -0.39 is 16.3 Å². The molecule has 2 atom stereocenters. The van der Waals surface area contributed by atoms with Crippen molar-refractivity contribution < 1.29 is 18.3 Å². The van der Waals surface area contributed by atoms with Gasteiger partial charge in [0.2, 0.25) is 0 Å². The van der Waals surface area contributed by atoms with E-state index in [2.05, 4.69) is 4.72 Å². The predicted octanol–water partition coefficient (Wildman–Crippen LogP) is -0.442. The lowest BCUT2D eigenvalue weighted by Crippen LogP contribution is -2.55. The van der Waals surface area contributed by atoms with Gasteiger partial charge >= 0.3 is 0 Å². The lowest BCUT2D eigenvalue weighted by Gasteiger charge is -2.36. The van der Waals surface area contributed by atoms with Crippen molar-refractivity contribution in [2.45, 2.75) is 32.9 Å². The molecule has 2 N–H and O–H groups in total. The van der Waals surface area contributed by atoms with Crippen LogP contribution in [0, 0.1) is 5.92 Å². The van der Waals surface area contributed by atoms with Gasteiger partial charge in [-0.1, -0.05) is 13.8 Å². The summed E-state index contributed by atoms with van der Waals surface area (Å²) in [5, 5.41) is 9.01. The first-order valence-corrected chi connectivity index (χ1v) is 7.29. The maximum absolute atomic E-state index is 12.0. The SMILES string of the molecule is CC(C)CNS(=O)(=O)N1CC(CO)OCC1C. The monoisotopic (exact) mass is 266 g/mol. The Bertz CT molecular complexity index is 331. The summed E-state index contributed by atoms with van der Waals surface area (Å²) in [5.41, 5.74) is 0. The standard InChI is InChI=1S/C10H22N2O4S/c1-8(2)4-11-17(14,15)12-5-10(6-13)16-7-9(12)3/h8-11,13H,4-7H2,1-3H3. The zero-order valence-corrected chi connectivity index (χ0v) is 11.4. The van der Waals surface area contributed by atoms with Gasteiger partial charge < -0.3 is 9.84 Å². The van der Waals surface area contributed by atoms with Crippen molar-refractivity contribution in [2.75, 3.05) is 26.3 Å². The molecule has 2 unspecified atom stereocenters. The van der Waals surface area contributed by atoms with Crippen LogP contribution >= 0.6 is 0 Å². The largest absolute Gasteiger partial charge is 0.394 e. The lowest BCUT2D eigenvalue weighted by molar-refractivity contribution is -0.0519. The highest BCUT2D eigenvalue weighted by Crippen LogP contribution is 2.14. The van der Waals surface area contributed by atoms with Crippen molar-refractivity contribution in [3.05, 3.63) is 0 Å². The summed E-state index contributed by atoms with van der Waals surface area (Å²) >= 11 is 0. The van der Waals surface area contributed by atoms with Crippen LogP contribution in [0.2, 0.25) is 0 Å². The minimum Gasteiger partial charge on any atom is -0.394 e. The fraction of sp³-hybridized carbons (Fsp3) is 1.00. The van der Waals surface area contributed by atoms with E-state index in [1.54, 1.807) is 6.92 Å². The molecule has 0 radical (unpaired) electrons. The smallest absolute Gasteiger partial charge is 0.279 e. The molecule has 0 aromatic rings. The molecule has 6 nitrogen and oxygen atoms in total. The number of ether oxygens (including phenoxy) is 1. The average molecular weight is 266 g/mol. The molecule has 17 heavy (non-hydrogen) atoms. The normalized spacial score (nSPS) is 27.6. The van der Waals surface area contributed by atoms with Gasteiger partial charge in [0.25, 0.3) is 10.2 Å². The van der Waals surface area contributed by atoms with E-state index in [1.165, 1.54) is 4.31 Å². The molecular formula is C10H22N2O4S. The Morgan fingerprint density at radius 3 is 2.71 bits per heavy atom. The van der Waals surface area contributed by atoms with Crippen molar-refractivity contribution in [2.24, 2.45) is 5.92 Å². The van der Waals surface area contributed by atoms with E-state index >= 15 is 0 Å². The van der Waals surface area contributed by atoms with Crippen LogP contribution in [0.5, 0.6) is 0 Å². The van der Waals surface area contributed by atoms with E-state index in [9.17, 15) is 8.42 Å². The van der Waals surface area contributed by atoms with Gasteiger partial charge in [-0.3, -0.25) is 0 Å². The first-order chi connectivity index (χ1) is 7.86. The van der Waals surface area contributed by atoms with Gasteiger partial charge in [0.15, 0.2) is 0 Å². The van der Waals surface area contributed by atoms with Gasteiger partial charge in [0.1, 0.15) is 0 Å². The molecule has 1 rings (SSSR count). The summed E-state index contributed by atoms with van der Waals surface area (Å²) in [5.74, 6) is 0.259. The third kappa shape index (κ3) is 4.18. The zero-order chi connectivity index (χ0) is 13.1. The second-order valence-corrected chi connectivity index (χ2v) is 6.51. The Kier molecular flexibility index (Phi) is 5.33. The van der Waals surface area contributed by atoms with Crippen molar-refractivity contribution in [1.82, 2.24) is 9.03 Å². The first-order valence-electron chi connectivity index (χ1n) is 5.85. The van der Waals surface area contributed by atoms with E-state index in [1.807, 2.05) is 13.8 Å². The third-order valence-electron chi connectivity index (χ3n) is 2.63. The fourth-order valence-corrected chi connectivity index (χ4v) is 3.20. The number of hydrogen-bond acceptors (Lipinski definition) is 4. The Hall–Kier alpha value is -0.210. The summed E-state index contributed by atoms with van der Waals surface area (Å²) in [4.78, 5) is 0. The minimum atomic E-state index is -3.48. The van der Waals surface area contributed by atoms with Gasteiger partial charge in [0, 0.05) is 19.1 Å². The molecule has 0 aromatic carbocycles.